The van der Waals surface area contributed by atoms with Gasteiger partial charge in [0, 0.05) is 12.0 Å². The molecule has 0 saturated heterocycles. The van der Waals surface area contributed by atoms with Gasteiger partial charge in [-0.05, 0) is 25.0 Å². The van der Waals surface area contributed by atoms with Gasteiger partial charge in [0.05, 0.1) is 0 Å². The fourth-order valence-electron chi connectivity index (χ4n) is 1.62. The first-order valence-electron chi connectivity index (χ1n) is 4.58. The average molecular weight is 172 g/mol. The van der Waals surface area contributed by atoms with Crippen LogP contribution in [0.4, 0.5) is 0 Å². The molecule has 1 aromatic rings. The Bertz CT molecular complexity index is 375. The number of hydrogen-bond acceptors (Lipinski definition) is 1. The summed E-state index contributed by atoms with van der Waals surface area (Å²) < 4.78 is 0. The van der Waals surface area contributed by atoms with E-state index < -0.39 is 0 Å². The van der Waals surface area contributed by atoms with Gasteiger partial charge >= 0.3 is 0 Å². The molecule has 13 heavy (non-hydrogen) atoms. The van der Waals surface area contributed by atoms with E-state index in [-0.39, 0.29) is 5.78 Å². The van der Waals surface area contributed by atoms with Crippen molar-refractivity contribution >= 4 is 11.9 Å². The maximum absolute atomic E-state index is 11.6. The quantitative estimate of drug-likeness (QED) is 0.588. The number of fused-ring (bicyclic) bond motifs is 1. The molecule has 2 rings (SSSR count). The highest BCUT2D eigenvalue weighted by Crippen LogP contribution is 2.19. The van der Waals surface area contributed by atoms with Crippen LogP contribution in [-0.4, -0.2) is 5.78 Å². The highest BCUT2D eigenvalue weighted by Gasteiger charge is 2.11. The Balaban J connectivity index is 2.58. The third-order valence-electron chi connectivity index (χ3n) is 2.34. The first-order valence-corrected chi connectivity index (χ1v) is 4.58. The number of ketones is 1. The number of benzene rings is 1. The summed E-state index contributed by atoms with van der Waals surface area (Å²) in [5.74, 6) is 0.267. The van der Waals surface area contributed by atoms with Crippen LogP contribution in [0.1, 0.15) is 34.3 Å². The Labute approximate surface area is 78.1 Å². The Morgan fingerprint density at radius 3 is 3.00 bits per heavy atom. The lowest BCUT2D eigenvalue weighted by atomic mass is 10.0. The fraction of sp³-hybridized carbons (Fsp3) is 0.250. The average Bonchev–Trinajstić information content (AvgIpc) is 2.29. The first kappa shape index (κ1) is 8.24. The number of Topliss-reactive ketones (excluding diaryl/α,β-unsaturated/α-hetero) is 1. The van der Waals surface area contributed by atoms with Gasteiger partial charge in [-0.3, -0.25) is 4.79 Å². The van der Waals surface area contributed by atoms with Crippen molar-refractivity contribution in [2.45, 2.75) is 19.8 Å². The standard InChI is InChI=1S/C12H12O/c1-9-6-7-10-4-2-3-5-12(13)11(10)8-9/h2,4,6-8H,3,5H2,1H3. The van der Waals surface area contributed by atoms with Crippen molar-refractivity contribution in [3.8, 4) is 0 Å². The van der Waals surface area contributed by atoms with Crippen LogP contribution >= 0.6 is 0 Å². The van der Waals surface area contributed by atoms with Crippen molar-refractivity contribution in [2.24, 2.45) is 0 Å². The Morgan fingerprint density at radius 1 is 1.31 bits per heavy atom. The number of carbonyl (C=O) groups excluding carboxylic acids is 1. The molecule has 0 unspecified atom stereocenters. The lowest BCUT2D eigenvalue weighted by Crippen LogP contribution is -1.99. The van der Waals surface area contributed by atoms with Gasteiger partial charge in [0.2, 0.25) is 0 Å². The van der Waals surface area contributed by atoms with Crippen LogP contribution in [0, 0.1) is 6.92 Å². The van der Waals surface area contributed by atoms with Crippen molar-refractivity contribution in [1.29, 1.82) is 0 Å². The zero-order valence-electron chi connectivity index (χ0n) is 7.71. The van der Waals surface area contributed by atoms with Crippen molar-refractivity contribution in [3.63, 3.8) is 0 Å². The molecule has 0 N–H and O–H groups in total. The van der Waals surface area contributed by atoms with Gasteiger partial charge < -0.3 is 0 Å². The summed E-state index contributed by atoms with van der Waals surface area (Å²) in [4.78, 5) is 11.6. The van der Waals surface area contributed by atoms with E-state index in [1.165, 1.54) is 0 Å². The van der Waals surface area contributed by atoms with Gasteiger partial charge in [-0.1, -0.05) is 29.8 Å². The molecule has 0 fully saturated rings. The maximum Gasteiger partial charge on any atom is 0.163 e. The molecule has 0 saturated carbocycles. The molecule has 0 aliphatic heterocycles. The van der Waals surface area contributed by atoms with Crippen LogP contribution < -0.4 is 0 Å². The fourth-order valence-corrected chi connectivity index (χ4v) is 1.62. The van der Waals surface area contributed by atoms with Gasteiger partial charge in [-0.2, -0.15) is 0 Å². The minimum absolute atomic E-state index is 0.267. The zero-order chi connectivity index (χ0) is 9.26. The molecule has 1 nitrogen and oxygen atoms in total. The van der Waals surface area contributed by atoms with E-state index in [1.807, 2.05) is 31.2 Å². The normalized spacial score (nSPS) is 15.3. The van der Waals surface area contributed by atoms with Crippen molar-refractivity contribution < 1.29 is 4.79 Å². The topological polar surface area (TPSA) is 17.1 Å². The monoisotopic (exact) mass is 172 g/mol. The molecule has 0 spiro atoms. The number of carbonyl (C=O) groups is 1. The lowest BCUT2D eigenvalue weighted by Gasteiger charge is -2.03. The molecule has 0 aromatic heterocycles. The molecule has 0 bridgehead atoms. The summed E-state index contributed by atoms with van der Waals surface area (Å²) in [7, 11) is 0. The molecule has 0 atom stereocenters. The van der Waals surface area contributed by atoms with Crippen LogP contribution in [-0.2, 0) is 0 Å². The smallest absolute Gasteiger partial charge is 0.163 e. The second-order valence-corrected chi connectivity index (χ2v) is 3.45. The molecule has 0 amide bonds. The molecule has 1 heteroatoms. The third-order valence-corrected chi connectivity index (χ3v) is 2.34. The summed E-state index contributed by atoms with van der Waals surface area (Å²) >= 11 is 0. The van der Waals surface area contributed by atoms with E-state index in [9.17, 15) is 4.79 Å². The van der Waals surface area contributed by atoms with Gasteiger partial charge in [0.15, 0.2) is 5.78 Å². The molecule has 0 radical (unpaired) electrons. The van der Waals surface area contributed by atoms with E-state index in [0.29, 0.717) is 6.42 Å². The Morgan fingerprint density at radius 2 is 2.15 bits per heavy atom. The van der Waals surface area contributed by atoms with Crippen LogP contribution in [0.25, 0.3) is 6.08 Å². The van der Waals surface area contributed by atoms with Crippen molar-refractivity contribution in [3.05, 3.63) is 41.0 Å². The molecular weight excluding hydrogens is 160 g/mol. The molecule has 1 aliphatic rings. The third kappa shape index (κ3) is 1.55. The largest absolute Gasteiger partial charge is 0.294 e. The van der Waals surface area contributed by atoms with Crippen molar-refractivity contribution in [1.82, 2.24) is 0 Å². The van der Waals surface area contributed by atoms with E-state index in [4.69, 9.17) is 0 Å². The molecular formula is C12H12O. The van der Waals surface area contributed by atoms with E-state index in [2.05, 4.69) is 6.08 Å². The van der Waals surface area contributed by atoms with Crippen LogP contribution in [0.3, 0.4) is 0 Å². The molecule has 66 valence electrons. The van der Waals surface area contributed by atoms with Crippen LogP contribution in [0.2, 0.25) is 0 Å². The SMILES string of the molecule is Cc1ccc2c(c1)C(=O)CCC=C2. The second-order valence-electron chi connectivity index (χ2n) is 3.45. The summed E-state index contributed by atoms with van der Waals surface area (Å²) in [6, 6.07) is 6.04. The van der Waals surface area contributed by atoms with Gasteiger partial charge in [-0.25, -0.2) is 0 Å². The highest BCUT2D eigenvalue weighted by molar-refractivity contribution is 6.00. The summed E-state index contributed by atoms with van der Waals surface area (Å²) in [5.41, 5.74) is 3.10. The highest BCUT2D eigenvalue weighted by atomic mass is 16.1. The number of hydrogen-bond donors (Lipinski definition) is 0. The van der Waals surface area contributed by atoms with Gasteiger partial charge in [0.1, 0.15) is 0 Å². The van der Waals surface area contributed by atoms with E-state index >= 15 is 0 Å². The zero-order valence-corrected chi connectivity index (χ0v) is 7.71. The number of allylic oxidation sites excluding steroid dienone is 1. The van der Waals surface area contributed by atoms with Crippen LogP contribution in [0.15, 0.2) is 24.3 Å². The van der Waals surface area contributed by atoms with Crippen LogP contribution in [0.5, 0.6) is 0 Å². The molecule has 1 aromatic carbocycles. The van der Waals surface area contributed by atoms with Gasteiger partial charge in [-0.15, -0.1) is 0 Å². The first-order chi connectivity index (χ1) is 6.27. The molecule has 0 heterocycles. The maximum atomic E-state index is 11.6. The molecule has 1 aliphatic carbocycles. The van der Waals surface area contributed by atoms with E-state index in [1.54, 1.807) is 0 Å². The Kier molecular flexibility index (Phi) is 2.01. The predicted molar refractivity (Wildman–Crippen MR) is 53.8 cm³/mol. The predicted octanol–water partition coefficient (Wildman–Crippen LogP) is 2.98. The van der Waals surface area contributed by atoms with Gasteiger partial charge in [0.25, 0.3) is 0 Å². The lowest BCUT2D eigenvalue weighted by molar-refractivity contribution is 0.0984. The summed E-state index contributed by atoms with van der Waals surface area (Å²) in [6.07, 6.45) is 5.62. The Hall–Kier alpha value is -1.37. The summed E-state index contributed by atoms with van der Waals surface area (Å²) in [5, 5.41) is 0. The minimum atomic E-state index is 0.267. The number of rotatable bonds is 0. The van der Waals surface area contributed by atoms with E-state index in [0.717, 1.165) is 23.1 Å². The van der Waals surface area contributed by atoms with Crippen molar-refractivity contribution in [2.75, 3.05) is 0 Å². The number of aryl methyl sites for hydroxylation is 1. The summed E-state index contributed by atoms with van der Waals surface area (Å²) in [6.45, 7) is 2.02. The second kappa shape index (κ2) is 3.17. The minimum Gasteiger partial charge on any atom is -0.294 e.